The largest absolute Gasteiger partial charge is 0.490 e. The molecule has 2 saturated heterocycles. The molecule has 0 aliphatic carbocycles. The van der Waals surface area contributed by atoms with Gasteiger partial charge in [0, 0.05) is 37.0 Å². The van der Waals surface area contributed by atoms with Crippen molar-refractivity contribution in [2.45, 2.75) is 63.5 Å². The third kappa shape index (κ3) is 9.95. The van der Waals surface area contributed by atoms with Crippen LogP contribution in [0.15, 0.2) is 41.2 Å². The van der Waals surface area contributed by atoms with E-state index in [1.165, 1.54) is 12.0 Å². The average Bonchev–Trinajstić information content (AvgIpc) is 3.46. The minimum absolute atomic E-state index is 0.101. The second-order valence-corrected chi connectivity index (χ2v) is 8.33. The summed E-state index contributed by atoms with van der Waals surface area (Å²) in [5.41, 5.74) is 3.21. The molecule has 212 valence electrons. The molecule has 2 N–H and O–H groups in total. The molecule has 0 spiro atoms. The van der Waals surface area contributed by atoms with Crippen LogP contribution in [-0.4, -0.2) is 75.8 Å². The van der Waals surface area contributed by atoms with Gasteiger partial charge in [-0.1, -0.05) is 6.07 Å². The van der Waals surface area contributed by atoms with Gasteiger partial charge in [-0.3, -0.25) is 9.88 Å². The maximum atomic E-state index is 10.6. The smallest absolute Gasteiger partial charge is 0.475 e. The lowest BCUT2D eigenvalue weighted by Gasteiger charge is -2.32. The number of carboxylic acids is 2. The first kappa shape index (κ1) is 31.1. The fraction of sp³-hybridized carbons (Fsp3) is 0.522. The Balaban J connectivity index is 0.000000301. The number of fused-ring (bicyclic) bond motifs is 1. The van der Waals surface area contributed by atoms with Crippen molar-refractivity contribution in [1.29, 1.82) is 0 Å². The van der Waals surface area contributed by atoms with Crippen LogP contribution in [0.2, 0.25) is 0 Å². The number of rotatable bonds is 5. The second kappa shape index (κ2) is 13.6. The van der Waals surface area contributed by atoms with Crippen LogP contribution in [0.5, 0.6) is 0 Å². The number of carbonyl (C=O) groups is 2. The number of likely N-dealkylation sites (tertiary alicyclic amines) is 1. The Hall–Kier alpha value is -3.17. The van der Waals surface area contributed by atoms with E-state index in [-0.39, 0.29) is 12.2 Å². The standard InChI is InChI=1S/C19H24N2O3.2C2HF3O2/c1-14-4-2-5-16(20-14)13-24-18-11-21(10-15-7-9-22-12-15)17-6-3-8-23-19(17)18;2*3-2(4,5)1(6)7/h2,4-5,7,9,12,17-19H,3,6,8,10-11,13H2,1H3;2*(H,6,7)/t17-,18+,19+;;/m1../s1. The third-order valence-corrected chi connectivity index (χ3v) is 5.43. The lowest BCUT2D eigenvalue weighted by atomic mass is 10.0. The van der Waals surface area contributed by atoms with E-state index in [1.54, 1.807) is 6.26 Å². The summed E-state index contributed by atoms with van der Waals surface area (Å²) < 4.78 is 81.0. The van der Waals surface area contributed by atoms with Crippen LogP contribution in [0.1, 0.15) is 29.8 Å². The maximum Gasteiger partial charge on any atom is 0.490 e. The van der Waals surface area contributed by atoms with E-state index in [1.807, 2.05) is 37.5 Å². The molecule has 2 aliphatic heterocycles. The summed E-state index contributed by atoms with van der Waals surface area (Å²) >= 11 is 0. The Kier molecular flexibility index (Phi) is 11.1. The van der Waals surface area contributed by atoms with Crippen LogP contribution < -0.4 is 0 Å². The van der Waals surface area contributed by atoms with Gasteiger partial charge in [0.15, 0.2) is 0 Å². The van der Waals surface area contributed by atoms with Gasteiger partial charge in [-0.15, -0.1) is 0 Å². The molecule has 0 bridgehead atoms. The number of ether oxygens (including phenoxy) is 2. The highest BCUT2D eigenvalue weighted by atomic mass is 19.4. The Morgan fingerprint density at radius 2 is 1.74 bits per heavy atom. The van der Waals surface area contributed by atoms with Crippen molar-refractivity contribution in [1.82, 2.24) is 9.88 Å². The summed E-state index contributed by atoms with van der Waals surface area (Å²) in [4.78, 5) is 24.8. The highest BCUT2D eigenvalue weighted by molar-refractivity contribution is 5.73. The molecule has 4 rings (SSSR count). The molecule has 3 atom stereocenters. The molecule has 2 aliphatic rings. The first-order valence-electron chi connectivity index (χ1n) is 11.2. The van der Waals surface area contributed by atoms with E-state index < -0.39 is 24.3 Å². The van der Waals surface area contributed by atoms with E-state index in [0.29, 0.717) is 12.6 Å². The Morgan fingerprint density at radius 1 is 1.11 bits per heavy atom. The maximum absolute atomic E-state index is 10.6. The first-order chi connectivity index (χ1) is 17.7. The van der Waals surface area contributed by atoms with Crippen LogP contribution >= 0.6 is 0 Å². The van der Waals surface area contributed by atoms with E-state index in [0.717, 1.165) is 37.5 Å². The predicted octanol–water partition coefficient (Wildman–Crippen LogP) is 4.20. The molecule has 2 aromatic heterocycles. The summed E-state index contributed by atoms with van der Waals surface area (Å²) in [6, 6.07) is 8.52. The van der Waals surface area contributed by atoms with Crippen LogP contribution in [0, 0.1) is 6.92 Å². The van der Waals surface area contributed by atoms with Crippen molar-refractivity contribution in [3.05, 3.63) is 53.7 Å². The van der Waals surface area contributed by atoms with Gasteiger partial charge in [0.1, 0.15) is 6.10 Å². The fourth-order valence-corrected chi connectivity index (χ4v) is 3.82. The molecule has 0 radical (unpaired) electrons. The van der Waals surface area contributed by atoms with Gasteiger partial charge < -0.3 is 24.1 Å². The zero-order valence-electron chi connectivity index (χ0n) is 20.0. The molecule has 15 heteroatoms. The van der Waals surface area contributed by atoms with Crippen molar-refractivity contribution >= 4 is 11.9 Å². The number of aryl methyl sites for hydroxylation is 1. The van der Waals surface area contributed by atoms with Crippen LogP contribution in [0.25, 0.3) is 0 Å². The molecule has 0 amide bonds. The normalized spacial score (nSPS) is 21.4. The lowest BCUT2D eigenvalue weighted by molar-refractivity contribution is -0.193. The number of carboxylic acid groups (broad SMARTS) is 2. The van der Waals surface area contributed by atoms with Gasteiger partial charge in [-0.05, 0) is 38.0 Å². The molecule has 9 nitrogen and oxygen atoms in total. The van der Waals surface area contributed by atoms with Gasteiger partial charge >= 0.3 is 24.3 Å². The number of hydrogen-bond donors (Lipinski definition) is 2. The third-order valence-electron chi connectivity index (χ3n) is 5.43. The first-order valence-corrected chi connectivity index (χ1v) is 11.2. The fourth-order valence-electron chi connectivity index (χ4n) is 3.82. The highest BCUT2D eigenvalue weighted by Gasteiger charge is 2.44. The molecule has 38 heavy (non-hydrogen) atoms. The highest BCUT2D eigenvalue weighted by Crippen LogP contribution is 2.32. The van der Waals surface area contributed by atoms with E-state index in [4.69, 9.17) is 33.7 Å². The number of pyridine rings is 1. The number of hydrogen-bond acceptors (Lipinski definition) is 7. The predicted molar refractivity (Wildman–Crippen MR) is 117 cm³/mol. The lowest BCUT2D eigenvalue weighted by Crippen LogP contribution is -2.41. The number of aliphatic carboxylic acids is 2. The van der Waals surface area contributed by atoms with Crippen molar-refractivity contribution in [2.24, 2.45) is 0 Å². The van der Waals surface area contributed by atoms with Crippen LogP contribution in [0.3, 0.4) is 0 Å². The van der Waals surface area contributed by atoms with Gasteiger partial charge in [0.05, 0.1) is 30.9 Å². The second-order valence-electron chi connectivity index (χ2n) is 8.33. The van der Waals surface area contributed by atoms with Crippen LogP contribution in [0.4, 0.5) is 26.3 Å². The minimum atomic E-state index is -5.08. The average molecular weight is 556 g/mol. The van der Waals surface area contributed by atoms with Gasteiger partial charge in [0.25, 0.3) is 0 Å². The SMILES string of the molecule is Cc1cccc(CO[C@H]2CN(Cc3ccoc3)[C@@H]3CCCO[C@H]23)n1.O=C(O)C(F)(F)F.O=C(O)C(F)(F)F. The van der Waals surface area contributed by atoms with Crippen LogP contribution in [-0.2, 0) is 32.2 Å². The molecule has 2 fully saturated rings. The molecule has 2 aromatic rings. The van der Waals surface area contributed by atoms with E-state index in [9.17, 15) is 26.3 Å². The summed E-state index contributed by atoms with van der Waals surface area (Å²) in [6.07, 6.45) is -4.05. The zero-order valence-corrected chi connectivity index (χ0v) is 20.0. The van der Waals surface area contributed by atoms with Gasteiger partial charge in [-0.25, -0.2) is 9.59 Å². The molecule has 4 heterocycles. The molecule has 0 saturated carbocycles. The summed E-state index contributed by atoms with van der Waals surface area (Å²) in [5, 5.41) is 14.2. The topological polar surface area (TPSA) is 122 Å². The Labute approximate surface area is 213 Å². The zero-order chi connectivity index (χ0) is 28.5. The van der Waals surface area contributed by atoms with Gasteiger partial charge in [-0.2, -0.15) is 26.3 Å². The summed E-state index contributed by atoms with van der Waals surface area (Å²) in [7, 11) is 0. The summed E-state index contributed by atoms with van der Waals surface area (Å²) in [6.45, 7) is 5.17. The summed E-state index contributed by atoms with van der Waals surface area (Å²) in [5.74, 6) is -5.51. The molecular weight excluding hydrogens is 530 g/mol. The van der Waals surface area contributed by atoms with E-state index >= 15 is 0 Å². The quantitative estimate of drug-likeness (QED) is 0.522. The molecule has 0 unspecified atom stereocenters. The number of aromatic nitrogens is 1. The molecular formula is C23H26F6N2O7. The van der Waals surface area contributed by atoms with Crippen molar-refractivity contribution in [3.63, 3.8) is 0 Å². The number of alkyl halides is 6. The van der Waals surface area contributed by atoms with Crippen molar-refractivity contribution < 1.29 is 60.0 Å². The minimum Gasteiger partial charge on any atom is -0.475 e. The molecule has 0 aromatic carbocycles. The monoisotopic (exact) mass is 556 g/mol. The Morgan fingerprint density at radius 3 is 2.26 bits per heavy atom. The number of furan rings is 1. The van der Waals surface area contributed by atoms with Crippen molar-refractivity contribution in [2.75, 3.05) is 13.2 Å². The van der Waals surface area contributed by atoms with Gasteiger partial charge in [0.2, 0.25) is 0 Å². The number of halogens is 6. The van der Waals surface area contributed by atoms with E-state index in [2.05, 4.69) is 9.88 Å². The number of nitrogens with zero attached hydrogens (tertiary/aromatic N) is 2. The Bertz CT molecular complexity index is 1010. The van der Waals surface area contributed by atoms with Crippen molar-refractivity contribution in [3.8, 4) is 0 Å².